The van der Waals surface area contributed by atoms with Gasteiger partial charge in [-0.1, -0.05) is 57.4 Å². The lowest BCUT2D eigenvalue weighted by molar-refractivity contribution is 0.282. The van der Waals surface area contributed by atoms with E-state index in [1.807, 2.05) is 24.3 Å². The third-order valence-electron chi connectivity index (χ3n) is 6.38. The smallest absolute Gasteiger partial charge is 0.175 e. The molecule has 8 heteroatoms. The standard InChI is InChI=1S/C26H20Br2Cl2FNO2/c1-33-23-8-14(7-20(28)26(23)34-12-13-5-6-16(29)11-21(13)30)24-18-4-2-3-17(18)19-9-15(27)10-22(31)25(19)32-24/h2-3,5-11,17-18,24,32H,4,12H2,1H3/t17-,18+,24-/m0/s1. The molecule has 0 amide bonds. The van der Waals surface area contributed by atoms with Gasteiger partial charge < -0.3 is 14.8 Å². The number of nitrogens with one attached hydrogen (secondary N) is 1. The van der Waals surface area contributed by atoms with Crippen molar-refractivity contribution in [3.63, 3.8) is 0 Å². The second kappa shape index (κ2) is 9.73. The molecule has 3 aromatic carbocycles. The summed E-state index contributed by atoms with van der Waals surface area (Å²) in [6.45, 7) is 0.258. The van der Waals surface area contributed by atoms with Gasteiger partial charge in [-0.15, -0.1) is 0 Å². The molecule has 1 heterocycles. The summed E-state index contributed by atoms with van der Waals surface area (Å²) in [5.41, 5.74) is 3.34. The van der Waals surface area contributed by atoms with Gasteiger partial charge in [0.15, 0.2) is 11.5 Å². The number of methoxy groups -OCH3 is 1. The van der Waals surface area contributed by atoms with Crippen LogP contribution in [-0.2, 0) is 6.61 Å². The Labute approximate surface area is 224 Å². The van der Waals surface area contributed by atoms with Crippen LogP contribution in [-0.4, -0.2) is 7.11 Å². The summed E-state index contributed by atoms with van der Waals surface area (Å²) in [4.78, 5) is 0. The lowest BCUT2D eigenvalue weighted by Crippen LogP contribution is -2.29. The highest BCUT2D eigenvalue weighted by Crippen LogP contribution is 2.52. The fraction of sp³-hybridized carbons (Fsp3) is 0.231. The number of hydrogen-bond acceptors (Lipinski definition) is 3. The Morgan fingerprint density at radius 1 is 1.12 bits per heavy atom. The summed E-state index contributed by atoms with van der Waals surface area (Å²) in [6.07, 6.45) is 5.27. The second-order valence-corrected chi connectivity index (χ2v) is 11.0. The van der Waals surface area contributed by atoms with Crippen molar-refractivity contribution in [2.24, 2.45) is 5.92 Å². The van der Waals surface area contributed by atoms with Gasteiger partial charge in [-0.2, -0.15) is 0 Å². The molecular weight excluding hydrogens is 608 g/mol. The Hall–Kier alpha value is -1.73. The van der Waals surface area contributed by atoms with Crippen molar-refractivity contribution in [1.29, 1.82) is 0 Å². The molecule has 0 aromatic heterocycles. The first-order valence-electron chi connectivity index (χ1n) is 10.7. The molecule has 5 rings (SSSR count). The zero-order chi connectivity index (χ0) is 24.0. The van der Waals surface area contributed by atoms with Crippen LogP contribution >= 0.6 is 55.1 Å². The van der Waals surface area contributed by atoms with E-state index in [-0.39, 0.29) is 30.3 Å². The average Bonchev–Trinajstić information content (AvgIpc) is 3.29. The zero-order valence-electron chi connectivity index (χ0n) is 18.0. The lowest BCUT2D eigenvalue weighted by atomic mass is 9.77. The van der Waals surface area contributed by atoms with Crippen LogP contribution < -0.4 is 14.8 Å². The Kier molecular flexibility index (Phi) is 6.86. The number of anilines is 1. The van der Waals surface area contributed by atoms with Gasteiger partial charge in [-0.3, -0.25) is 0 Å². The first-order valence-corrected chi connectivity index (χ1v) is 13.1. The van der Waals surface area contributed by atoms with Gasteiger partial charge in [0.25, 0.3) is 0 Å². The highest BCUT2D eigenvalue weighted by Gasteiger charge is 2.39. The molecule has 3 nitrogen and oxygen atoms in total. The molecule has 0 saturated carbocycles. The predicted octanol–water partition coefficient (Wildman–Crippen LogP) is 9.07. The van der Waals surface area contributed by atoms with E-state index in [4.69, 9.17) is 32.7 Å². The zero-order valence-corrected chi connectivity index (χ0v) is 22.7. The molecule has 1 aliphatic heterocycles. The molecule has 0 radical (unpaired) electrons. The maximum Gasteiger partial charge on any atom is 0.175 e. The molecule has 34 heavy (non-hydrogen) atoms. The first-order chi connectivity index (χ1) is 16.4. The van der Waals surface area contributed by atoms with E-state index in [1.165, 1.54) is 6.07 Å². The summed E-state index contributed by atoms with van der Waals surface area (Å²) in [5, 5.41) is 4.58. The highest BCUT2D eigenvalue weighted by molar-refractivity contribution is 9.10. The minimum atomic E-state index is -0.265. The van der Waals surface area contributed by atoms with Gasteiger partial charge in [0.2, 0.25) is 0 Å². The number of fused-ring (bicyclic) bond motifs is 3. The molecule has 1 aliphatic carbocycles. The van der Waals surface area contributed by atoms with Crippen molar-refractivity contribution >= 4 is 60.7 Å². The molecule has 3 atom stereocenters. The van der Waals surface area contributed by atoms with Crippen molar-refractivity contribution < 1.29 is 13.9 Å². The van der Waals surface area contributed by atoms with Crippen LogP contribution in [0.25, 0.3) is 0 Å². The fourth-order valence-electron chi connectivity index (χ4n) is 4.80. The minimum absolute atomic E-state index is 0.0897. The van der Waals surface area contributed by atoms with E-state index in [1.54, 1.807) is 19.2 Å². The van der Waals surface area contributed by atoms with Gasteiger partial charge in [-0.25, -0.2) is 4.39 Å². The van der Waals surface area contributed by atoms with Crippen LogP contribution in [0.2, 0.25) is 10.0 Å². The monoisotopic (exact) mass is 625 g/mol. The third kappa shape index (κ3) is 4.46. The molecule has 0 spiro atoms. The molecule has 1 N–H and O–H groups in total. The van der Waals surface area contributed by atoms with Crippen LogP contribution in [0.15, 0.2) is 63.6 Å². The Bertz CT molecular complexity index is 1300. The Balaban J connectivity index is 1.47. The molecule has 176 valence electrons. The maximum absolute atomic E-state index is 14.9. The summed E-state index contributed by atoms with van der Waals surface area (Å²) < 4.78 is 28.2. The molecule has 0 unspecified atom stereocenters. The quantitative estimate of drug-likeness (QED) is 0.286. The van der Waals surface area contributed by atoms with E-state index in [2.05, 4.69) is 49.3 Å². The molecule has 0 saturated heterocycles. The van der Waals surface area contributed by atoms with Crippen LogP contribution in [0.4, 0.5) is 10.1 Å². The predicted molar refractivity (Wildman–Crippen MR) is 142 cm³/mol. The molecule has 3 aromatic rings. The van der Waals surface area contributed by atoms with E-state index >= 15 is 0 Å². The molecule has 0 fully saturated rings. The lowest BCUT2D eigenvalue weighted by Gasteiger charge is -2.38. The number of ether oxygens (including phenoxy) is 2. The summed E-state index contributed by atoms with van der Waals surface area (Å²) in [6, 6.07) is 12.7. The Morgan fingerprint density at radius 3 is 2.71 bits per heavy atom. The van der Waals surface area contributed by atoms with Crippen molar-refractivity contribution in [2.75, 3.05) is 12.4 Å². The molecule has 0 bridgehead atoms. The van der Waals surface area contributed by atoms with Crippen molar-refractivity contribution in [3.8, 4) is 11.5 Å². The van der Waals surface area contributed by atoms with Gasteiger partial charge in [-0.05, 0) is 75.8 Å². The number of rotatable bonds is 5. The maximum atomic E-state index is 14.9. The molecular formula is C26H20Br2Cl2FNO2. The van der Waals surface area contributed by atoms with Gasteiger partial charge >= 0.3 is 0 Å². The summed E-state index contributed by atoms with van der Waals surface area (Å²) in [7, 11) is 1.61. The van der Waals surface area contributed by atoms with Crippen molar-refractivity contribution in [1.82, 2.24) is 0 Å². The van der Waals surface area contributed by atoms with Crippen LogP contribution in [0, 0.1) is 11.7 Å². The number of benzene rings is 3. The largest absolute Gasteiger partial charge is 0.493 e. The number of allylic oxidation sites excluding steroid dienone is 2. The minimum Gasteiger partial charge on any atom is -0.493 e. The van der Waals surface area contributed by atoms with Crippen LogP contribution in [0.5, 0.6) is 11.5 Å². The normalized spacial score (nSPS) is 20.5. The van der Waals surface area contributed by atoms with Crippen LogP contribution in [0.3, 0.4) is 0 Å². The number of halogens is 5. The van der Waals surface area contributed by atoms with E-state index in [9.17, 15) is 4.39 Å². The van der Waals surface area contributed by atoms with Crippen LogP contribution in [0.1, 0.15) is 35.1 Å². The van der Waals surface area contributed by atoms with Gasteiger partial charge in [0.1, 0.15) is 12.4 Å². The van der Waals surface area contributed by atoms with E-state index in [0.29, 0.717) is 27.2 Å². The fourth-order valence-corrected chi connectivity index (χ4v) is 6.28. The van der Waals surface area contributed by atoms with E-state index in [0.717, 1.165) is 32.1 Å². The average molecular weight is 628 g/mol. The highest BCUT2D eigenvalue weighted by atomic mass is 79.9. The summed E-state index contributed by atoms with van der Waals surface area (Å²) >= 11 is 19.4. The van der Waals surface area contributed by atoms with E-state index < -0.39 is 0 Å². The molecule has 2 aliphatic rings. The SMILES string of the molecule is COc1cc([C@@H]2Nc3c(F)cc(Br)cc3[C@H]3C=CC[C@H]32)cc(Br)c1OCc1ccc(Cl)cc1Cl. The van der Waals surface area contributed by atoms with Gasteiger partial charge in [0.05, 0.1) is 23.3 Å². The van der Waals surface area contributed by atoms with Crippen molar-refractivity contribution in [2.45, 2.75) is 25.0 Å². The second-order valence-electron chi connectivity index (χ2n) is 8.39. The van der Waals surface area contributed by atoms with Crippen molar-refractivity contribution in [3.05, 3.63) is 96.1 Å². The summed E-state index contributed by atoms with van der Waals surface area (Å²) in [5.74, 6) is 1.29. The topological polar surface area (TPSA) is 30.5 Å². The number of hydrogen-bond donors (Lipinski definition) is 1. The Morgan fingerprint density at radius 2 is 1.94 bits per heavy atom. The first kappa shape index (κ1) is 24.0. The van der Waals surface area contributed by atoms with Gasteiger partial charge in [0, 0.05) is 26.0 Å². The third-order valence-corrected chi connectivity index (χ3v) is 8.02.